The third kappa shape index (κ3) is 2.79. The van der Waals surface area contributed by atoms with Crippen molar-refractivity contribution in [2.24, 2.45) is 4.88 Å². The minimum atomic E-state index is -1.05. The van der Waals surface area contributed by atoms with Gasteiger partial charge in [0.25, 0.3) is 0 Å². The molecule has 1 rings (SSSR count). The van der Waals surface area contributed by atoms with Crippen molar-refractivity contribution in [1.29, 1.82) is 0 Å². The highest BCUT2D eigenvalue weighted by Gasteiger charge is 1.98. The summed E-state index contributed by atoms with van der Waals surface area (Å²) < 4.78 is 5.30. The molecule has 0 N–H and O–H groups in total. The van der Waals surface area contributed by atoms with Crippen LogP contribution in [0.3, 0.4) is 0 Å². The lowest BCUT2D eigenvalue weighted by molar-refractivity contribution is 0.619. The molecule has 0 aromatic heterocycles. The van der Waals surface area contributed by atoms with Crippen LogP contribution in [0.4, 0.5) is 0 Å². The molecule has 0 bridgehead atoms. The van der Waals surface area contributed by atoms with Crippen molar-refractivity contribution in [3.8, 4) is 5.75 Å². The number of nitrogens with zero attached hydrogens (tertiary/aromatic N) is 3. The van der Waals surface area contributed by atoms with Crippen LogP contribution in [0, 0.1) is 0 Å². The molecule has 0 heterocycles. The van der Waals surface area contributed by atoms with Gasteiger partial charge in [-0.3, -0.25) is 0 Å². The maximum atomic E-state index is 8.11. The molecule has 1 aromatic carbocycles. The van der Waals surface area contributed by atoms with Crippen LogP contribution in [0.25, 0.3) is 10.4 Å². The van der Waals surface area contributed by atoms with Gasteiger partial charge in [0.15, 0.2) is 8.30 Å². The van der Waals surface area contributed by atoms with Crippen LogP contribution in [-0.2, 0) is 0 Å². The third-order valence-corrected chi connectivity index (χ3v) is 1.95. The smallest absolute Gasteiger partial charge is 0.176 e. The highest BCUT2D eigenvalue weighted by molar-refractivity contribution is 7.50. The van der Waals surface area contributed by atoms with Crippen molar-refractivity contribution in [2.75, 3.05) is 6.66 Å². The molecule has 1 unspecified atom stereocenters. The molecule has 62 valence electrons. The van der Waals surface area contributed by atoms with E-state index in [1.807, 2.05) is 30.3 Å². The number of benzene rings is 1. The molecule has 0 spiro atoms. The van der Waals surface area contributed by atoms with E-state index in [9.17, 15) is 0 Å². The highest BCUT2D eigenvalue weighted by Crippen LogP contribution is 2.35. The zero-order valence-electron chi connectivity index (χ0n) is 6.58. The largest absolute Gasteiger partial charge is 0.468 e. The highest BCUT2D eigenvalue weighted by atomic mass is 31.2. The monoisotopic (exact) mass is 181 g/mol. The Morgan fingerprint density at radius 2 is 2.08 bits per heavy atom. The Morgan fingerprint density at radius 1 is 1.42 bits per heavy atom. The number of hydrogen-bond acceptors (Lipinski definition) is 2. The molecule has 0 aliphatic rings. The lowest BCUT2D eigenvalue weighted by Crippen LogP contribution is -1.80. The normalized spacial score (nSPS) is 11.4. The van der Waals surface area contributed by atoms with Gasteiger partial charge in [0.1, 0.15) is 5.75 Å². The summed E-state index contributed by atoms with van der Waals surface area (Å²) in [6.07, 6.45) is 0. The minimum Gasteiger partial charge on any atom is -0.468 e. The molecule has 1 atom stereocenters. The van der Waals surface area contributed by atoms with Crippen LogP contribution in [-0.4, -0.2) is 6.66 Å². The SMILES string of the molecule is CP(N=[N+]=[N-])Oc1ccccc1. The van der Waals surface area contributed by atoms with Crippen molar-refractivity contribution in [1.82, 2.24) is 0 Å². The van der Waals surface area contributed by atoms with E-state index in [0.29, 0.717) is 0 Å². The summed E-state index contributed by atoms with van der Waals surface area (Å²) in [4.78, 5) is 6.10. The first-order valence-corrected chi connectivity index (χ1v) is 5.00. The Kier molecular flexibility index (Phi) is 3.39. The van der Waals surface area contributed by atoms with Crippen molar-refractivity contribution >= 4 is 8.30 Å². The zero-order chi connectivity index (χ0) is 8.81. The van der Waals surface area contributed by atoms with Gasteiger partial charge in [0, 0.05) is 4.91 Å². The topological polar surface area (TPSA) is 58.0 Å². The van der Waals surface area contributed by atoms with E-state index in [-0.39, 0.29) is 0 Å². The summed E-state index contributed by atoms with van der Waals surface area (Å²) in [5.74, 6) is 0.735. The maximum Gasteiger partial charge on any atom is 0.176 e. The van der Waals surface area contributed by atoms with E-state index in [2.05, 4.69) is 9.80 Å². The van der Waals surface area contributed by atoms with Crippen LogP contribution in [0.5, 0.6) is 5.75 Å². The fourth-order valence-corrected chi connectivity index (χ4v) is 1.28. The van der Waals surface area contributed by atoms with Crippen LogP contribution >= 0.6 is 8.30 Å². The number of rotatable bonds is 3. The summed E-state index contributed by atoms with van der Waals surface area (Å²) in [6.45, 7) is 1.75. The molecule has 0 saturated heterocycles. The quantitative estimate of drug-likeness (QED) is 0.305. The van der Waals surface area contributed by atoms with E-state index in [1.165, 1.54) is 0 Å². The lowest BCUT2D eigenvalue weighted by Gasteiger charge is -2.06. The molecule has 0 aliphatic carbocycles. The van der Waals surface area contributed by atoms with Gasteiger partial charge < -0.3 is 4.52 Å². The van der Waals surface area contributed by atoms with Gasteiger partial charge in [-0.1, -0.05) is 18.2 Å². The predicted molar refractivity (Wildman–Crippen MR) is 49.1 cm³/mol. The second-order valence-corrected chi connectivity index (χ2v) is 3.34. The molecule has 0 saturated carbocycles. The van der Waals surface area contributed by atoms with Crippen LogP contribution in [0.15, 0.2) is 35.2 Å². The van der Waals surface area contributed by atoms with Gasteiger partial charge in [0.05, 0.1) is 0 Å². The molecule has 0 radical (unpaired) electrons. The Hall–Kier alpha value is -1.24. The van der Waals surface area contributed by atoms with E-state index in [1.54, 1.807) is 6.66 Å². The van der Waals surface area contributed by atoms with Gasteiger partial charge in [-0.25, -0.2) is 0 Å². The van der Waals surface area contributed by atoms with E-state index in [0.717, 1.165) is 5.75 Å². The Bertz CT molecular complexity index is 284. The zero-order valence-corrected chi connectivity index (χ0v) is 7.48. The first kappa shape index (κ1) is 8.85. The maximum absolute atomic E-state index is 8.11. The first-order chi connectivity index (χ1) is 5.83. The fourth-order valence-electron chi connectivity index (χ4n) is 0.708. The van der Waals surface area contributed by atoms with Gasteiger partial charge in [0.2, 0.25) is 0 Å². The van der Waals surface area contributed by atoms with Gasteiger partial charge in [-0.15, -0.1) is 0 Å². The molecule has 0 aliphatic heterocycles. The molecule has 0 amide bonds. The average molecular weight is 181 g/mol. The van der Waals surface area contributed by atoms with Crippen molar-refractivity contribution in [3.63, 3.8) is 0 Å². The van der Waals surface area contributed by atoms with Crippen LogP contribution < -0.4 is 4.52 Å². The molecule has 0 fully saturated rings. The number of hydrogen-bond donors (Lipinski definition) is 0. The van der Waals surface area contributed by atoms with Crippen LogP contribution in [0.1, 0.15) is 0 Å². The van der Waals surface area contributed by atoms with Crippen molar-refractivity contribution in [3.05, 3.63) is 40.8 Å². The Balaban J connectivity index is 2.58. The number of para-hydroxylation sites is 1. The predicted octanol–water partition coefficient (Wildman–Crippen LogP) is 3.32. The van der Waals surface area contributed by atoms with Gasteiger partial charge in [-0.05, 0) is 29.2 Å². The van der Waals surface area contributed by atoms with E-state index >= 15 is 0 Å². The minimum absolute atomic E-state index is 0.735. The fraction of sp³-hybridized carbons (Fsp3) is 0.143. The van der Waals surface area contributed by atoms with Crippen molar-refractivity contribution in [2.45, 2.75) is 0 Å². The standard InChI is InChI=1S/C7H8N3OP/c1-12(10-9-8)11-7-5-3-2-4-6-7/h2-6H,1H3. The second kappa shape index (κ2) is 4.60. The summed E-state index contributed by atoms with van der Waals surface area (Å²) in [6, 6.07) is 9.29. The summed E-state index contributed by atoms with van der Waals surface area (Å²) in [5, 5.41) is 0. The van der Waals surface area contributed by atoms with Gasteiger partial charge >= 0.3 is 0 Å². The molecule has 5 heteroatoms. The molecule has 1 aromatic rings. The second-order valence-electron chi connectivity index (χ2n) is 2.05. The lowest BCUT2D eigenvalue weighted by atomic mass is 10.3. The third-order valence-electron chi connectivity index (χ3n) is 1.15. The summed E-state index contributed by atoms with van der Waals surface area (Å²) in [7, 11) is -1.05. The first-order valence-electron chi connectivity index (χ1n) is 3.34. The van der Waals surface area contributed by atoms with E-state index in [4.69, 9.17) is 10.1 Å². The molecule has 12 heavy (non-hydrogen) atoms. The molecular formula is C7H8N3OP. The Labute approximate surface area is 71.7 Å². The summed E-state index contributed by atoms with van der Waals surface area (Å²) >= 11 is 0. The summed E-state index contributed by atoms with van der Waals surface area (Å²) in [5.41, 5.74) is 8.11. The van der Waals surface area contributed by atoms with E-state index < -0.39 is 8.30 Å². The Morgan fingerprint density at radius 3 is 2.67 bits per heavy atom. The van der Waals surface area contributed by atoms with Gasteiger partial charge in [-0.2, -0.15) is 0 Å². The van der Waals surface area contributed by atoms with Crippen LogP contribution in [0.2, 0.25) is 0 Å². The number of azide groups is 1. The average Bonchev–Trinajstić information content (AvgIpc) is 2.06. The van der Waals surface area contributed by atoms with Crippen molar-refractivity contribution < 1.29 is 4.52 Å². The molecule has 4 nitrogen and oxygen atoms in total. The molecular weight excluding hydrogens is 173 g/mol.